The number of hydrogen-bond donors (Lipinski definition) is 0. The predicted octanol–water partition coefficient (Wildman–Crippen LogP) is 2.63. The second kappa shape index (κ2) is 6.04. The van der Waals surface area contributed by atoms with Crippen molar-refractivity contribution in [3.8, 4) is 17.6 Å². The summed E-state index contributed by atoms with van der Waals surface area (Å²) in [4.78, 5) is 4.03. The van der Waals surface area contributed by atoms with Gasteiger partial charge in [0, 0.05) is 18.2 Å². The molecule has 0 fully saturated rings. The van der Waals surface area contributed by atoms with Crippen molar-refractivity contribution >= 4 is 0 Å². The number of rotatable bonds is 3. The fourth-order valence-corrected chi connectivity index (χ4v) is 1.03. The Bertz CT molecular complexity index is 336. The molecule has 0 saturated carbocycles. The van der Waals surface area contributed by atoms with E-state index in [2.05, 4.69) is 23.7 Å². The van der Waals surface area contributed by atoms with E-state index in [0.717, 1.165) is 24.2 Å². The Balaban J connectivity index is 2.60. The van der Waals surface area contributed by atoms with Gasteiger partial charge < -0.3 is 4.74 Å². The maximum atomic E-state index is 5.05. The number of aromatic nitrogens is 1. The Kier molecular flexibility index (Phi) is 4.57. The van der Waals surface area contributed by atoms with Crippen molar-refractivity contribution in [1.82, 2.24) is 4.98 Å². The van der Waals surface area contributed by atoms with Crippen molar-refractivity contribution in [2.24, 2.45) is 0 Å². The zero-order chi connectivity index (χ0) is 10.2. The molecule has 0 aliphatic carbocycles. The summed E-state index contributed by atoms with van der Waals surface area (Å²) >= 11 is 0. The molecule has 1 aromatic heterocycles. The van der Waals surface area contributed by atoms with Crippen molar-refractivity contribution in [2.45, 2.75) is 26.2 Å². The molecule has 0 saturated heterocycles. The number of nitrogens with zero attached hydrogens (tertiary/aromatic N) is 1. The van der Waals surface area contributed by atoms with Crippen molar-refractivity contribution < 1.29 is 4.74 Å². The summed E-state index contributed by atoms with van der Waals surface area (Å²) in [7, 11) is 1.63. The van der Waals surface area contributed by atoms with Gasteiger partial charge >= 0.3 is 0 Å². The van der Waals surface area contributed by atoms with Crippen LogP contribution in [-0.2, 0) is 0 Å². The lowest BCUT2D eigenvalue weighted by Gasteiger charge is -1.97. The van der Waals surface area contributed by atoms with Crippen molar-refractivity contribution in [3.63, 3.8) is 0 Å². The van der Waals surface area contributed by atoms with Gasteiger partial charge in [-0.05, 0) is 12.5 Å². The van der Waals surface area contributed by atoms with Gasteiger partial charge in [-0.15, -0.1) is 0 Å². The molecule has 1 rings (SSSR count). The van der Waals surface area contributed by atoms with Gasteiger partial charge in [0.25, 0.3) is 0 Å². The van der Waals surface area contributed by atoms with Crippen LogP contribution in [0.5, 0.6) is 5.75 Å². The van der Waals surface area contributed by atoms with Gasteiger partial charge in [-0.3, -0.25) is 4.98 Å². The molecule has 2 nitrogen and oxygen atoms in total. The molecule has 1 aromatic rings. The molecule has 0 N–H and O–H groups in total. The normalized spacial score (nSPS) is 9.00. The van der Waals surface area contributed by atoms with Crippen molar-refractivity contribution in [3.05, 3.63) is 24.0 Å². The van der Waals surface area contributed by atoms with E-state index in [-0.39, 0.29) is 0 Å². The first-order chi connectivity index (χ1) is 6.86. The van der Waals surface area contributed by atoms with Crippen LogP contribution in [0.3, 0.4) is 0 Å². The second-order valence-corrected chi connectivity index (χ2v) is 3.02. The van der Waals surface area contributed by atoms with Gasteiger partial charge in [0.2, 0.25) is 0 Å². The van der Waals surface area contributed by atoms with Gasteiger partial charge in [-0.25, -0.2) is 0 Å². The number of methoxy groups -OCH3 is 1. The molecular weight excluding hydrogens is 174 g/mol. The molecule has 0 aromatic carbocycles. The quantitative estimate of drug-likeness (QED) is 0.538. The van der Waals surface area contributed by atoms with Crippen LogP contribution in [0, 0.1) is 11.8 Å². The first kappa shape index (κ1) is 10.6. The zero-order valence-corrected chi connectivity index (χ0v) is 8.71. The highest BCUT2D eigenvalue weighted by Crippen LogP contribution is 2.08. The molecule has 74 valence electrons. The van der Waals surface area contributed by atoms with Gasteiger partial charge in [0.15, 0.2) is 0 Å². The van der Waals surface area contributed by atoms with E-state index in [4.69, 9.17) is 4.74 Å². The highest BCUT2D eigenvalue weighted by Gasteiger charge is 1.91. The average molecular weight is 189 g/mol. The Labute approximate surface area is 85.3 Å². The summed E-state index contributed by atoms with van der Waals surface area (Å²) in [5, 5.41) is 0. The number of pyridine rings is 1. The van der Waals surface area contributed by atoms with Crippen LogP contribution in [0.15, 0.2) is 18.5 Å². The van der Waals surface area contributed by atoms with E-state index < -0.39 is 0 Å². The lowest BCUT2D eigenvalue weighted by atomic mass is 10.2. The highest BCUT2D eigenvalue weighted by molar-refractivity contribution is 5.36. The summed E-state index contributed by atoms with van der Waals surface area (Å²) in [5.41, 5.74) is 0.917. The Morgan fingerprint density at radius 3 is 3.00 bits per heavy atom. The first-order valence-corrected chi connectivity index (χ1v) is 4.84. The molecule has 0 spiro atoms. The minimum atomic E-state index is 0.757. The maximum absolute atomic E-state index is 5.05. The third-order valence-corrected chi connectivity index (χ3v) is 1.84. The van der Waals surface area contributed by atoms with Gasteiger partial charge in [-0.1, -0.05) is 25.2 Å². The Hall–Kier alpha value is -1.49. The molecule has 1 heterocycles. The topological polar surface area (TPSA) is 22.1 Å². The highest BCUT2D eigenvalue weighted by atomic mass is 16.5. The molecule has 0 aliphatic rings. The van der Waals surface area contributed by atoms with E-state index in [1.807, 2.05) is 6.07 Å². The summed E-state index contributed by atoms with van der Waals surface area (Å²) in [6.07, 6.45) is 6.72. The van der Waals surface area contributed by atoms with Gasteiger partial charge in [0.05, 0.1) is 13.3 Å². The fraction of sp³-hybridized carbons (Fsp3) is 0.417. The zero-order valence-electron chi connectivity index (χ0n) is 8.71. The molecule has 0 unspecified atom stereocenters. The smallest absolute Gasteiger partial charge is 0.138 e. The summed E-state index contributed by atoms with van der Waals surface area (Å²) in [6.45, 7) is 2.16. The summed E-state index contributed by atoms with van der Waals surface area (Å²) < 4.78 is 5.05. The molecule has 0 atom stereocenters. The van der Waals surface area contributed by atoms with Crippen molar-refractivity contribution in [2.75, 3.05) is 7.11 Å². The van der Waals surface area contributed by atoms with Crippen LogP contribution >= 0.6 is 0 Å². The van der Waals surface area contributed by atoms with Gasteiger partial charge in [-0.2, -0.15) is 0 Å². The molecular formula is C12H15NO. The van der Waals surface area contributed by atoms with Crippen molar-refractivity contribution in [1.29, 1.82) is 0 Å². The van der Waals surface area contributed by atoms with Crippen LogP contribution in [0.2, 0.25) is 0 Å². The summed E-state index contributed by atoms with van der Waals surface area (Å²) in [6, 6.07) is 1.89. The third-order valence-electron chi connectivity index (χ3n) is 1.84. The number of hydrogen-bond acceptors (Lipinski definition) is 2. The first-order valence-electron chi connectivity index (χ1n) is 4.84. The van der Waals surface area contributed by atoms with Crippen LogP contribution in [0.4, 0.5) is 0 Å². The molecule has 14 heavy (non-hydrogen) atoms. The largest absolute Gasteiger partial charge is 0.495 e. The molecule has 0 amide bonds. The fourth-order valence-electron chi connectivity index (χ4n) is 1.03. The second-order valence-electron chi connectivity index (χ2n) is 3.02. The molecule has 0 aliphatic heterocycles. The van der Waals surface area contributed by atoms with Crippen LogP contribution < -0.4 is 4.74 Å². The van der Waals surface area contributed by atoms with E-state index in [1.165, 1.54) is 6.42 Å². The number of unbranched alkanes of at least 4 members (excludes halogenated alkanes) is 2. The minimum Gasteiger partial charge on any atom is -0.495 e. The number of ether oxygens (including phenoxy) is 1. The predicted molar refractivity (Wildman–Crippen MR) is 57.2 cm³/mol. The Morgan fingerprint density at radius 2 is 2.29 bits per heavy atom. The van der Waals surface area contributed by atoms with Crippen LogP contribution in [0.25, 0.3) is 0 Å². The molecule has 2 heteroatoms. The lowest BCUT2D eigenvalue weighted by molar-refractivity contribution is 0.413. The monoisotopic (exact) mass is 189 g/mol. The van der Waals surface area contributed by atoms with E-state index in [1.54, 1.807) is 19.5 Å². The average Bonchev–Trinajstić information content (AvgIpc) is 2.25. The van der Waals surface area contributed by atoms with E-state index in [9.17, 15) is 0 Å². The minimum absolute atomic E-state index is 0.757. The lowest BCUT2D eigenvalue weighted by Crippen LogP contribution is -1.85. The summed E-state index contributed by atoms with van der Waals surface area (Å²) in [5.74, 6) is 6.93. The maximum Gasteiger partial charge on any atom is 0.138 e. The molecule has 0 bridgehead atoms. The standard InChI is InChI=1S/C12H15NO/c1-3-4-5-6-7-11-8-12(14-2)10-13-9-11/h8-10H,3-5H2,1-2H3. The van der Waals surface area contributed by atoms with E-state index in [0.29, 0.717) is 0 Å². The van der Waals surface area contributed by atoms with E-state index >= 15 is 0 Å². The van der Waals surface area contributed by atoms with Gasteiger partial charge in [0.1, 0.15) is 5.75 Å². The molecule has 0 radical (unpaired) electrons. The Morgan fingerprint density at radius 1 is 1.43 bits per heavy atom. The van der Waals surface area contributed by atoms with Crippen LogP contribution in [-0.4, -0.2) is 12.1 Å². The van der Waals surface area contributed by atoms with Crippen LogP contribution in [0.1, 0.15) is 31.7 Å². The SMILES string of the molecule is CCCCC#Cc1cncc(OC)c1. The third kappa shape index (κ3) is 3.49.